The molecule has 1 aromatic rings. The van der Waals surface area contributed by atoms with E-state index in [9.17, 15) is 9.59 Å². The van der Waals surface area contributed by atoms with E-state index in [4.69, 9.17) is 9.47 Å². The van der Waals surface area contributed by atoms with Gasteiger partial charge in [0.25, 0.3) is 0 Å². The van der Waals surface area contributed by atoms with Gasteiger partial charge in [0.15, 0.2) is 0 Å². The van der Waals surface area contributed by atoms with Gasteiger partial charge in [-0.2, -0.15) is 0 Å². The molecule has 5 nitrogen and oxygen atoms in total. The highest BCUT2D eigenvalue weighted by molar-refractivity contribution is 5.81. The monoisotopic (exact) mass is 279 g/mol. The highest BCUT2D eigenvalue weighted by Gasteiger charge is 2.28. The van der Waals surface area contributed by atoms with Gasteiger partial charge in [-0.25, -0.2) is 9.59 Å². The Kier molecular flexibility index (Phi) is 6.56. The third kappa shape index (κ3) is 4.57. The molecule has 0 aliphatic carbocycles. The van der Waals surface area contributed by atoms with E-state index in [1.807, 2.05) is 30.3 Å². The van der Waals surface area contributed by atoms with Crippen LogP contribution in [-0.4, -0.2) is 36.2 Å². The topological polar surface area (TPSA) is 55.8 Å². The van der Waals surface area contributed by atoms with Crippen molar-refractivity contribution < 1.29 is 19.1 Å². The average molecular weight is 279 g/mol. The quantitative estimate of drug-likeness (QED) is 0.751. The molecule has 0 aromatic heterocycles. The van der Waals surface area contributed by atoms with Crippen LogP contribution in [0.3, 0.4) is 0 Å². The molecule has 0 aliphatic heterocycles. The lowest BCUT2D eigenvalue weighted by Crippen LogP contribution is -2.43. The molecule has 0 aliphatic rings. The van der Waals surface area contributed by atoms with E-state index in [2.05, 4.69) is 0 Å². The molecule has 0 N–H and O–H groups in total. The van der Waals surface area contributed by atoms with Gasteiger partial charge in [-0.15, -0.1) is 0 Å². The summed E-state index contributed by atoms with van der Waals surface area (Å²) in [5, 5.41) is 0. The van der Waals surface area contributed by atoms with E-state index in [-0.39, 0.29) is 13.2 Å². The Hall–Kier alpha value is -2.04. The summed E-state index contributed by atoms with van der Waals surface area (Å²) in [5.41, 5.74) is 0.928. The minimum atomic E-state index is -0.686. The molecule has 1 aromatic carbocycles. The second kappa shape index (κ2) is 8.19. The fourth-order valence-electron chi connectivity index (χ4n) is 1.74. The van der Waals surface area contributed by atoms with Crippen LogP contribution in [0, 0.1) is 0 Å². The van der Waals surface area contributed by atoms with Crippen LogP contribution >= 0.6 is 0 Å². The first-order chi connectivity index (χ1) is 9.60. The number of carbonyl (C=O) groups excluding carboxylic acids is 2. The van der Waals surface area contributed by atoms with Crippen LogP contribution in [0.2, 0.25) is 0 Å². The summed E-state index contributed by atoms with van der Waals surface area (Å²) in [4.78, 5) is 25.2. The number of rotatable bonds is 6. The van der Waals surface area contributed by atoms with E-state index in [0.29, 0.717) is 6.54 Å². The van der Waals surface area contributed by atoms with Crippen molar-refractivity contribution in [2.24, 2.45) is 0 Å². The number of esters is 1. The van der Waals surface area contributed by atoms with Gasteiger partial charge < -0.3 is 9.47 Å². The van der Waals surface area contributed by atoms with E-state index < -0.39 is 18.1 Å². The van der Waals surface area contributed by atoms with Gasteiger partial charge in [0, 0.05) is 6.54 Å². The number of carbonyl (C=O) groups is 2. The minimum absolute atomic E-state index is 0.264. The van der Waals surface area contributed by atoms with Gasteiger partial charge in [-0.1, -0.05) is 30.3 Å². The third-order valence-corrected chi connectivity index (χ3v) is 2.79. The third-order valence-electron chi connectivity index (χ3n) is 2.79. The molecule has 1 amide bonds. The minimum Gasteiger partial charge on any atom is -0.464 e. The second-order valence-electron chi connectivity index (χ2n) is 4.24. The first-order valence-electron chi connectivity index (χ1n) is 6.74. The Morgan fingerprint density at radius 1 is 1.10 bits per heavy atom. The van der Waals surface area contributed by atoms with Gasteiger partial charge >= 0.3 is 12.1 Å². The molecule has 0 fully saturated rings. The molecule has 0 saturated carbocycles. The smallest absolute Gasteiger partial charge is 0.410 e. The Morgan fingerprint density at radius 3 is 2.25 bits per heavy atom. The predicted octanol–water partition coefficient (Wildman–Crippen LogP) is 2.60. The highest BCUT2D eigenvalue weighted by atomic mass is 16.6. The van der Waals surface area contributed by atoms with Crippen LogP contribution < -0.4 is 0 Å². The predicted molar refractivity (Wildman–Crippen MR) is 75.1 cm³/mol. The lowest BCUT2D eigenvalue weighted by Gasteiger charge is -2.26. The number of nitrogens with zero attached hydrogens (tertiary/aromatic N) is 1. The van der Waals surface area contributed by atoms with E-state index in [1.54, 1.807) is 20.8 Å². The summed E-state index contributed by atoms with van der Waals surface area (Å²) in [7, 11) is 0. The zero-order valence-electron chi connectivity index (χ0n) is 12.2. The number of hydrogen-bond acceptors (Lipinski definition) is 4. The second-order valence-corrected chi connectivity index (χ2v) is 4.24. The molecule has 1 unspecified atom stereocenters. The number of ether oxygens (including phenoxy) is 2. The zero-order chi connectivity index (χ0) is 15.0. The van der Waals surface area contributed by atoms with Crippen LogP contribution in [0.4, 0.5) is 4.79 Å². The maximum atomic E-state index is 12.0. The van der Waals surface area contributed by atoms with Gasteiger partial charge in [-0.05, 0) is 26.3 Å². The van der Waals surface area contributed by atoms with Crippen LogP contribution in [0.15, 0.2) is 30.3 Å². The summed E-state index contributed by atoms with van der Waals surface area (Å²) in [6, 6.07) is 8.76. The van der Waals surface area contributed by atoms with Crippen LogP contribution in [-0.2, 0) is 20.8 Å². The highest BCUT2D eigenvalue weighted by Crippen LogP contribution is 2.11. The summed E-state index contributed by atoms with van der Waals surface area (Å²) in [5.74, 6) is -0.434. The molecule has 5 heteroatoms. The first-order valence-corrected chi connectivity index (χ1v) is 6.74. The summed E-state index contributed by atoms with van der Waals surface area (Å²) >= 11 is 0. The molecular weight excluding hydrogens is 258 g/mol. The van der Waals surface area contributed by atoms with Crippen molar-refractivity contribution in [1.29, 1.82) is 0 Å². The van der Waals surface area contributed by atoms with Gasteiger partial charge in [0.2, 0.25) is 0 Å². The van der Waals surface area contributed by atoms with Crippen molar-refractivity contribution in [3.63, 3.8) is 0 Å². The van der Waals surface area contributed by atoms with Crippen molar-refractivity contribution in [3.05, 3.63) is 35.9 Å². The molecule has 0 radical (unpaired) electrons. The Morgan fingerprint density at radius 2 is 1.70 bits per heavy atom. The van der Waals surface area contributed by atoms with E-state index in [1.165, 1.54) is 4.90 Å². The number of benzene rings is 1. The lowest BCUT2D eigenvalue weighted by molar-refractivity contribution is -0.148. The Balaban J connectivity index is 2.84. The fraction of sp³-hybridized carbons (Fsp3) is 0.467. The Bertz CT molecular complexity index is 433. The van der Waals surface area contributed by atoms with Gasteiger partial charge in [-0.3, -0.25) is 4.90 Å². The SMILES string of the molecule is CCOC(=O)C(C)N(Cc1ccccc1)C(=O)OCC. The largest absolute Gasteiger partial charge is 0.464 e. The summed E-state index contributed by atoms with van der Waals surface area (Å²) in [6.07, 6.45) is -0.517. The van der Waals surface area contributed by atoms with Crippen molar-refractivity contribution in [2.75, 3.05) is 13.2 Å². The molecule has 1 atom stereocenters. The molecule has 0 bridgehead atoms. The maximum absolute atomic E-state index is 12.0. The van der Waals surface area contributed by atoms with Crippen LogP contribution in [0.5, 0.6) is 0 Å². The molecular formula is C15H21NO4. The van der Waals surface area contributed by atoms with Gasteiger partial charge in [0.05, 0.1) is 13.2 Å². The zero-order valence-corrected chi connectivity index (χ0v) is 12.2. The van der Waals surface area contributed by atoms with E-state index in [0.717, 1.165) is 5.56 Å². The Labute approximate surface area is 119 Å². The van der Waals surface area contributed by atoms with Crippen molar-refractivity contribution in [3.8, 4) is 0 Å². The molecule has 1 rings (SSSR count). The van der Waals surface area contributed by atoms with E-state index >= 15 is 0 Å². The van der Waals surface area contributed by atoms with Gasteiger partial charge in [0.1, 0.15) is 6.04 Å². The van der Waals surface area contributed by atoms with Crippen molar-refractivity contribution in [1.82, 2.24) is 4.90 Å². The van der Waals surface area contributed by atoms with Crippen LogP contribution in [0.1, 0.15) is 26.3 Å². The normalized spacial score (nSPS) is 11.6. The average Bonchev–Trinajstić information content (AvgIpc) is 2.45. The molecule has 0 spiro atoms. The van der Waals surface area contributed by atoms with Crippen LogP contribution in [0.25, 0.3) is 0 Å². The molecule has 20 heavy (non-hydrogen) atoms. The standard InChI is InChI=1S/C15H21NO4/c1-4-19-14(17)12(3)16(15(18)20-5-2)11-13-9-7-6-8-10-13/h6-10,12H,4-5,11H2,1-3H3. The fourth-order valence-corrected chi connectivity index (χ4v) is 1.74. The van der Waals surface area contributed by atoms with Crippen molar-refractivity contribution >= 4 is 12.1 Å². The summed E-state index contributed by atoms with van der Waals surface area (Å²) in [6.45, 7) is 5.95. The number of amides is 1. The first kappa shape index (κ1) is 16.0. The van der Waals surface area contributed by atoms with Crippen molar-refractivity contribution in [2.45, 2.75) is 33.4 Å². The molecule has 110 valence electrons. The molecule has 0 saturated heterocycles. The maximum Gasteiger partial charge on any atom is 0.410 e. The molecule has 0 heterocycles. The lowest BCUT2D eigenvalue weighted by atomic mass is 10.2. The number of hydrogen-bond donors (Lipinski definition) is 0. The summed E-state index contributed by atoms with van der Waals surface area (Å²) < 4.78 is 9.97.